The summed E-state index contributed by atoms with van der Waals surface area (Å²) in [6.07, 6.45) is 11.5. The average molecular weight is 348 g/mol. The van der Waals surface area contributed by atoms with Crippen LogP contribution >= 0.6 is 0 Å². The van der Waals surface area contributed by atoms with Gasteiger partial charge in [-0.05, 0) is 68.1 Å². The van der Waals surface area contributed by atoms with Crippen LogP contribution in [0.15, 0.2) is 11.6 Å². The Morgan fingerprint density at radius 2 is 1.88 bits per heavy atom. The van der Waals surface area contributed by atoms with Crippen molar-refractivity contribution in [2.75, 3.05) is 13.9 Å². The van der Waals surface area contributed by atoms with E-state index in [2.05, 4.69) is 24.8 Å². The SMILES string of the molecule is COOCO[C@H]1CC[C@@]2(C)C(=CCC3C2CC[C@]2(C)C(=O)CCC32)C1. The monoisotopic (exact) mass is 348 g/mol. The molecule has 0 aliphatic heterocycles. The summed E-state index contributed by atoms with van der Waals surface area (Å²) >= 11 is 0. The van der Waals surface area contributed by atoms with Crippen molar-refractivity contribution in [3.63, 3.8) is 0 Å². The van der Waals surface area contributed by atoms with E-state index in [1.165, 1.54) is 20.0 Å². The van der Waals surface area contributed by atoms with E-state index in [9.17, 15) is 4.79 Å². The highest BCUT2D eigenvalue weighted by molar-refractivity contribution is 5.87. The smallest absolute Gasteiger partial charge is 0.181 e. The van der Waals surface area contributed by atoms with Crippen molar-refractivity contribution in [1.82, 2.24) is 0 Å². The summed E-state index contributed by atoms with van der Waals surface area (Å²) in [5.41, 5.74) is 1.87. The minimum atomic E-state index is -0.0271. The van der Waals surface area contributed by atoms with Crippen LogP contribution in [0.25, 0.3) is 0 Å². The van der Waals surface area contributed by atoms with E-state index in [0.29, 0.717) is 23.0 Å². The second-order valence-corrected chi connectivity index (χ2v) is 9.11. The molecular formula is C21H32O4. The van der Waals surface area contributed by atoms with Crippen LogP contribution in [-0.4, -0.2) is 25.8 Å². The second kappa shape index (κ2) is 6.47. The topological polar surface area (TPSA) is 44.8 Å². The third-order valence-corrected chi connectivity index (χ3v) is 8.24. The third kappa shape index (κ3) is 2.72. The maximum atomic E-state index is 12.5. The number of ether oxygens (including phenoxy) is 1. The molecule has 4 rings (SSSR count). The van der Waals surface area contributed by atoms with Gasteiger partial charge in [-0.1, -0.05) is 25.5 Å². The van der Waals surface area contributed by atoms with Gasteiger partial charge in [-0.2, -0.15) is 0 Å². The van der Waals surface area contributed by atoms with Gasteiger partial charge in [0, 0.05) is 11.8 Å². The number of hydrogen-bond acceptors (Lipinski definition) is 4. The van der Waals surface area contributed by atoms with Crippen LogP contribution in [-0.2, 0) is 19.3 Å². The van der Waals surface area contributed by atoms with Crippen molar-refractivity contribution in [2.45, 2.75) is 71.3 Å². The molecular weight excluding hydrogens is 316 g/mol. The zero-order valence-electron chi connectivity index (χ0n) is 15.9. The lowest BCUT2D eigenvalue weighted by atomic mass is 9.48. The highest BCUT2D eigenvalue weighted by Gasteiger charge is 2.58. The molecule has 0 radical (unpaired) electrons. The number of hydrogen-bond donors (Lipinski definition) is 0. The molecule has 3 saturated carbocycles. The molecule has 0 spiro atoms. The van der Waals surface area contributed by atoms with Crippen LogP contribution in [0.1, 0.15) is 65.2 Å². The van der Waals surface area contributed by atoms with Crippen LogP contribution in [0, 0.1) is 28.6 Å². The van der Waals surface area contributed by atoms with Gasteiger partial charge in [-0.3, -0.25) is 4.79 Å². The largest absolute Gasteiger partial charge is 0.349 e. The van der Waals surface area contributed by atoms with Crippen molar-refractivity contribution >= 4 is 5.78 Å². The number of carbonyl (C=O) groups is 1. The van der Waals surface area contributed by atoms with Gasteiger partial charge >= 0.3 is 0 Å². The van der Waals surface area contributed by atoms with Gasteiger partial charge in [0.25, 0.3) is 0 Å². The molecule has 0 aromatic heterocycles. The fraction of sp³-hybridized carbons (Fsp3) is 0.857. The molecule has 140 valence electrons. The maximum absolute atomic E-state index is 12.5. The maximum Gasteiger partial charge on any atom is 0.181 e. The molecule has 0 N–H and O–H groups in total. The summed E-state index contributed by atoms with van der Waals surface area (Å²) in [5.74, 6) is 2.59. The molecule has 4 aliphatic rings. The molecule has 6 atom stereocenters. The average Bonchev–Trinajstić information content (AvgIpc) is 2.90. The summed E-state index contributed by atoms with van der Waals surface area (Å²) in [6, 6.07) is 0. The minimum absolute atomic E-state index is 0.0271. The Balaban J connectivity index is 1.51. The van der Waals surface area contributed by atoms with E-state index < -0.39 is 0 Å². The normalized spacial score (nSPS) is 46.2. The van der Waals surface area contributed by atoms with Crippen LogP contribution < -0.4 is 0 Å². The summed E-state index contributed by atoms with van der Waals surface area (Å²) in [6.45, 7) is 4.95. The van der Waals surface area contributed by atoms with Gasteiger partial charge in [0.15, 0.2) is 6.79 Å². The lowest BCUT2D eigenvalue weighted by Gasteiger charge is -2.57. The van der Waals surface area contributed by atoms with E-state index in [1.54, 1.807) is 5.57 Å². The van der Waals surface area contributed by atoms with Crippen molar-refractivity contribution < 1.29 is 19.3 Å². The van der Waals surface area contributed by atoms with E-state index in [0.717, 1.165) is 44.4 Å². The Morgan fingerprint density at radius 3 is 2.68 bits per heavy atom. The van der Waals surface area contributed by atoms with Crippen LogP contribution in [0.5, 0.6) is 0 Å². The van der Waals surface area contributed by atoms with Gasteiger partial charge in [0.2, 0.25) is 0 Å². The molecule has 3 unspecified atom stereocenters. The zero-order chi connectivity index (χ0) is 17.7. The second-order valence-electron chi connectivity index (χ2n) is 9.11. The quantitative estimate of drug-likeness (QED) is 0.248. The summed E-state index contributed by atoms with van der Waals surface area (Å²) in [5, 5.41) is 0. The van der Waals surface area contributed by atoms with Crippen LogP contribution in [0.2, 0.25) is 0 Å². The molecule has 0 bridgehead atoms. The first-order valence-corrected chi connectivity index (χ1v) is 9.99. The van der Waals surface area contributed by atoms with Crippen LogP contribution in [0.3, 0.4) is 0 Å². The zero-order valence-corrected chi connectivity index (χ0v) is 15.9. The predicted octanol–water partition coefficient (Wildman–Crippen LogP) is 4.44. The minimum Gasteiger partial charge on any atom is -0.349 e. The molecule has 3 fully saturated rings. The van der Waals surface area contributed by atoms with Gasteiger partial charge in [-0.25, -0.2) is 9.78 Å². The molecule has 25 heavy (non-hydrogen) atoms. The fourth-order valence-corrected chi connectivity index (χ4v) is 6.71. The van der Waals surface area contributed by atoms with E-state index >= 15 is 0 Å². The summed E-state index contributed by atoms with van der Waals surface area (Å²) in [4.78, 5) is 22.0. The summed E-state index contributed by atoms with van der Waals surface area (Å²) < 4.78 is 5.82. The number of fused-ring (bicyclic) bond motifs is 5. The predicted molar refractivity (Wildman–Crippen MR) is 94.5 cm³/mol. The fourth-order valence-electron chi connectivity index (χ4n) is 6.71. The molecule has 0 aromatic carbocycles. The number of allylic oxidation sites excluding steroid dienone is 1. The first-order chi connectivity index (χ1) is 12.0. The molecule has 0 saturated heterocycles. The van der Waals surface area contributed by atoms with E-state index in [4.69, 9.17) is 9.62 Å². The van der Waals surface area contributed by atoms with Gasteiger partial charge in [0.05, 0.1) is 13.2 Å². The number of rotatable bonds is 4. The number of carbonyl (C=O) groups excluding carboxylic acids is 1. The number of Topliss-reactive ketones (excluding diaryl/α,β-unsaturated/α-hetero) is 1. The lowest BCUT2D eigenvalue weighted by Crippen LogP contribution is -2.50. The van der Waals surface area contributed by atoms with Gasteiger partial charge < -0.3 is 4.74 Å². The van der Waals surface area contributed by atoms with E-state index in [-0.39, 0.29) is 18.3 Å². The van der Waals surface area contributed by atoms with E-state index in [1.807, 2.05) is 0 Å². The van der Waals surface area contributed by atoms with Gasteiger partial charge in [0.1, 0.15) is 5.78 Å². The third-order valence-electron chi connectivity index (χ3n) is 8.24. The summed E-state index contributed by atoms with van der Waals surface area (Å²) in [7, 11) is 1.51. The van der Waals surface area contributed by atoms with Crippen molar-refractivity contribution in [3.8, 4) is 0 Å². The van der Waals surface area contributed by atoms with Gasteiger partial charge in [-0.15, -0.1) is 0 Å². The molecule has 4 heteroatoms. The van der Waals surface area contributed by atoms with Crippen molar-refractivity contribution in [2.24, 2.45) is 28.6 Å². The first-order valence-electron chi connectivity index (χ1n) is 9.99. The van der Waals surface area contributed by atoms with Crippen LogP contribution in [0.4, 0.5) is 0 Å². The van der Waals surface area contributed by atoms with Crippen molar-refractivity contribution in [3.05, 3.63) is 11.6 Å². The molecule has 0 heterocycles. The molecule has 0 amide bonds. The Morgan fingerprint density at radius 1 is 1.12 bits per heavy atom. The number of ketones is 1. The Labute approximate surface area is 151 Å². The molecule has 4 aliphatic carbocycles. The lowest BCUT2D eigenvalue weighted by molar-refractivity contribution is -0.326. The molecule has 4 nitrogen and oxygen atoms in total. The highest BCUT2D eigenvalue weighted by atomic mass is 17.2. The first kappa shape index (κ1) is 17.7. The highest BCUT2D eigenvalue weighted by Crippen LogP contribution is 2.64. The Bertz CT molecular complexity index is 570. The Kier molecular flexibility index (Phi) is 4.58. The molecule has 0 aromatic rings. The standard InChI is InChI=1S/C21H32O4/c1-20-10-8-15(24-13-25-23-3)12-14(20)4-5-16-17-6-7-19(22)21(17,2)11-9-18(16)20/h4,15-18H,5-13H2,1-3H3/t15-,16?,17?,18?,20-,21-/m0/s1. The van der Waals surface area contributed by atoms with Crippen molar-refractivity contribution in [1.29, 1.82) is 0 Å². The Hall–Kier alpha value is -0.710.